The van der Waals surface area contributed by atoms with Gasteiger partial charge >= 0.3 is 18.9 Å². The van der Waals surface area contributed by atoms with Crippen LogP contribution in [0.15, 0.2) is 0 Å². The second kappa shape index (κ2) is 10.7. The number of hydrogen-bond donors (Lipinski definition) is 1. The molecule has 0 aliphatic carbocycles. The third kappa shape index (κ3) is 8.08. The third-order valence-corrected chi connectivity index (χ3v) is 6.27. The lowest BCUT2D eigenvalue weighted by molar-refractivity contribution is 0.182. The van der Waals surface area contributed by atoms with Crippen LogP contribution in [0.25, 0.3) is 0 Å². The van der Waals surface area contributed by atoms with Crippen LogP contribution in [0.3, 0.4) is 0 Å². The standard InChI is InChI=1S/C8H23NO4Si2/c1-5-10-14(11-6-2)9-15(12-7-3)13-8-4/h9,14-15H,5-8H2,1-4H3. The van der Waals surface area contributed by atoms with E-state index in [0.29, 0.717) is 26.4 Å². The van der Waals surface area contributed by atoms with Crippen molar-refractivity contribution in [2.45, 2.75) is 27.7 Å². The van der Waals surface area contributed by atoms with E-state index in [-0.39, 0.29) is 0 Å². The molecule has 5 nitrogen and oxygen atoms in total. The zero-order chi connectivity index (χ0) is 11.5. The minimum Gasteiger partial charge on any atom is -0.386 e. The molecule has 0 unspecified atom stereocenters. The van der Waals surface area contributed by atoms with Gasteiger partial charge in [-0.05, 0) is 27.7 Å². The van der Waals surface area contributed by atoms with Crippen molar-refractivity contribution < 1.29 is 17.7 Å². The first-order valence-electron chi connectivity index (χ1n) is 5.50. The lowest BCUT2D eigenvalue weighted by Crippen LogP contribution is -2.52. The molecule has 0 bridgehead atoms. The van der Waals surface area contributed by atoms with Gasteiger partial charge < -0.3 is 17.7 Å². The Bertz CT molecular complexity index is 116. The summed E-state index contributed by atoms with van der Waals surface area (Å²) in [5.74, 6) is 0. The molecule has 0 aliphatic heterocycles. The molecular weight excluding hydrogens is 230 g/mol. The molecule has 7 heteroatoms. The van der Waals surface area contributed by atoms with Crippen molar-refractivity contribution in [1.82, 2.24) is 4.65 Å². The lowest BCUT2D eigenvalue weighted by Gasteiger charge is -2.21. The highest BCUT2D eigenvalue weighted by Gasteiger charge is 2.21. The summed E-state index contributed by atoms with van der Waals surface area (Å²) < 4.78 is 25.2. The fourth-order valence-electron chi connectivity index (χ4n) is 1.01. The van der Waals surface area contributed by atoms with Gasteiger partial charge in [0.1, 0.15) is 0 Å². The van der Waals surface area contributed by atoms with Gasteiger partial charge in [0.05, 0.1) is 0 Å². The molecule has 0 aromatic carbocycles. The molecule has 0 aliphatic rings. The minimum absolute atomic E-state index is 0.656. The number of rotatable bonds is 10. The molecule has 0 heterocycles. The second-order valence-corrected chi connectivity index (χ2v) is 6.65. The summed E-state index contributed by atoms with van der Waals surface area (Å²) in [7, 11) is -3.59. The molecule has 0 fully saturated rings. The third-order valence-electron chi connectivity index (χ3n) is 1.54. The predicted molar refractivity (Wildman–Crippen MR) is 63.9 cm³/mol. The number of nitrogens with one attached hydrogen (secondary N) is 1. The molecule has 0 aromatic rings. The quantitative estimate of drug-likeness (QED) is 0.562. The fraction of sp³-hybridized carbons (Fsp3) is 1.00. The SMILES string of the molecule is CCO[SiH](N[SiH](OCC)OCC)OCC. The van der Waals surface area contributed by atoms with Gasteiger partial charge in [-0.3, -0.25) is 4.65 Å². The Morgan fingerprint density at radius 1 is 0.667 bits per heavy atom. The Balaban J connectivity index is 3.93. The molecular formula is C8H23NO4Si2. The van der Waals surface area contributed by atoms with Crippen molar-refractivity contribution in [3.05, 3.63) is 0 Å². The van der Waals surface area contributed by atoms with E-state index in [2.05, 4.69) is 4.65 Å². The largest absolute Gasteiger partial charge is 0.404 e. The van der Waals surface area contributed by atoms with E-state index in [0.717, 1.165) is 0 Å². The average molecular weight is 253 g/mol. The lowest BCUT2D eigenvalue weighted by atomic mass is 10.9. The molecule has 15 heavy (non-hydrogen) atoms. The van der Waals surface area contributed by atoms with Crippen LogP contribution < -0.4 is 4.65 Å². The van der Waals surface area contributed by atoms with E-state index in [1.165, 1.54) is 0 Å². The van der Waals surface area contributed by atoms with Crippen molar-refractivity contribution in [3.63, 3.8) is 0 Å². The Morgan fingerprint density at radius 2 is 0.933 bits per heavy atom. The first kappa shape index (κ1) is 15.2. The molecule has 92 valence electrons. The Labute approximate surface area is 95.9 Å². The summed E-state index contributed by atoms with van der Waals surface area (Å²) >= 11 is 0. The maximum atomic E-state index is 5.49. The van der Waals surface area contributed by atoms with Crippen LogP contribution in [0, 0.1) is 0 Å². The van der Waals surface area contributed by atoms with E-state index < -0.39 is 18.9 Å². The highest BCUT2D eigenvalue weighted by Crippen LogP contribution is 1.91. The highest BCUT2D eigenvalue weighted by molar-refractivity contribution is 6.59. The molecule has 0 saturated heterocycles. The normalized spacial score (nSPS) is 11.6. The zero-order valence-corrected chi connectivity index (χ0v) is 12.4. The second-order valence-electron chi connectivity index (χ2n) is 2.65. The van der Waals surface area contributed by atoms with Gasteiger partial charge in [-0.15, -0.1) is 0 Å². The molecule has 0 spiro atoms. The van der Waals surface area contributed by atoms with Gasteiger partial charge in [0.2, 0.25) is 0 Å². The van der Waals surface area contributed by atoms with Gasteiger partial charge in [-0.25, -0.2) is 0 Å². The van der Waals surface area contributed by atoms with E-state index in [1.807, 2.05) is 27.7 Å². The number of hydrogen-bond acceptors (Lipinski definition) is 5. The minimum atomic E-state index is -1.79. The van der Waals surface area contributed by atoms with E-state index >= 15 is 0 Å². The van der Waals surface area contributed by atoms with Crippen molar-refractivity contribution in [1.29, 1.82) is 0 Å². The van der Waals surface area contributed by atoms with E-state index in [4.69, 9.17) is 17.7 Å². The maximum Gasteiger partial charge on any atom is 0.404 e. The Kier molecular flexibility index (Phi) is 10.9. The smallest absolute Gasteiger partial charge is 0.386 e. The molecule has 1 N–H and O–H groups in total. The summed E-state index contributed by atoms with van der Waals surface area (Å²) in [6.07, 6.45) is 0. The first-order chi connectivity index (χ1) is 7.28. The summed E-state index contributed by atoms with van der Waals surface area (Å²) in [4.78, 5) is 0. The van der Waals surface area contributed by atoms with Crippen molar-refractivity contribution in [2.24, 2.45) is 0 Å². The van der Waals surface area contributed by atoms with Crippen LogP contribution >= 0.6 is 0 Å². The summed E-state index contributed by atoms with van der Waals surface area (Å²) in [5, 5.41) is 0. The van der Waals surface area contributed by atoms with Gasteiger partial charge in [-0.1, -0.05) is 0 Å². The van der Waals surface area contributed by atoms with E-state index in [1.54, 1.807) is 0 Å². The molecule has 0 aromatic heterocycles. The van der Waals surface area contributed by atoms with Crippen LogP contribution in [-0.2, 0) is 17.7 Å². The zero-order valence-electron chi connectivity index (χ0n) is 10.1. The van der Waals surface area contributed by atoms with E-state index in [9.17, 15) is 0 Å². The first-order valence-corrected chi connectivity index (χ1v) is 8.54. The molecule has 0 saturated carbocycles. The molecule has 0 rings (SSSR count). The van der Waals surface area contributed by atoms with Crippen molar-refractivity contribution in [3.8, 4) is 0 Å². The maximum absolute atomic E-state index is 5.49. The monoisotopic (exact) mass is 253 g/mol. The highest BCUT2D eigenvalue weighted by atomic mass is 28.4. The van der Waals surface area contributed by atoms with Gasteiger partial charge in [-0.2, -0.15) is 0 Å². The predicted octanol–water partition coefficient (Wildman–Crippen LogP) is 0.156. The van der Waals surface area contributed by atoms with Crippen LogP contribution in [0.4, 0.5) is 0 Å². The fourth-order valence-corrected chi connectivity index (χ4v) is 4.84. The van der Waals surface area contributed by atoms with Crippen molar-refractivity contribution in [2.75, 3.05) is 26.4 Å². The van der Waals surface area contributed by atoms with Crippen LogP contribution in [0.5, 0.6) is 0 Å². The average Bonchev–Trinajstić information content (AvgIpc) is 2.19. The van der Waals surface area contributed by atoms with Gasteiger partial charge in [0.25, 0.3) is 0 Å². The van der Waals surface area contributed by atoms with Crippen LogP contribution in [0.2, 0.25) is 0 Å². The summed E-state index contributed by atoms with van der Waals surface area (Å²) in [6.45, 7) is 10.5. The Hall–Kier alpha value is 0.234. The summed E-state index contributed by atoms with van der Waals surface area (Å²) in [6, 6.07) is 0. The molecule has 0 atom stereocenters. The topological polar surface area (TPSA) is 49.0 Å². The molecule has 0 radical (unpaired) electrons. The molecule has 0 amide bonds. The summed E-state index contributed by atoms with van der Waals surface area (Å²) in [5.41, 5.74) is 0. The van der Waals surface area contributed by atoms with Crippen LogP contribution in [0.1, 0.15) is 27.7 Å². The van der Waals surface area contributed by atoms with Crippen LogP contribution in [-0.4, -0.2) is 45.3 Å². The van der Waals surface area contributed by atoms with Gasteiger partial charge in [0, 0.05) is 26.4 Å². The van der Waals surface area contributed by atoms with Gasteiger partial charge in [0.15, 0.2) is 0 Å². The van der Waals surface area contributed by atoms with Crippen molar-refractivity contribution >= 4 is 18.9 Å². The Morgan fingerprint density at radius 3 is 1.13 bits per heavy atom.